The average molecular weight is 586 g/mol. The number of carboxylic acids is 4. The summed E-state index contributed by atoms with van der Waals surface area (Å²) in [6.07, 6.45) is -8.12. The van der Waals surface area contributed by atoms with Crippen LogP contribution >= 0.6 is 22.6 Å². The number of hydrogen-bond donors (Lipinski definition) is 7. The van der Waals surface area contributed by atoms with Gasteiger partial charge in [-0.3, -0.25) is 33.5 Å². The molecular weight excluding hydrogens is 567 g/mol. The van der Waals surface area contributed by atoms with Crippen molar-refractivity contribution in [3.8, 4) is 0 Å². The van der Waals surface area contributed by atoms with Crippen molar-refractivity contribution in [2.24, 2.45) is 11.8 Å². The lowest BCUT2D eigenvalue weighted by atomic mass is 9.75. The molecule has 2 heterocycles. The first-order valence-electron chi connectivity index (χ1n) is 9.15. The first-order chi connectivity index (χ1) is 15.2. The van der Waals surface area contributed by atoms with Gasteiger partial charge in [0.25, 0.3) is 5.56 Å². The van der Waals surface area contributed by atoms with Crippen molar-refractivity contribution in [2.45, 2.75) is 43.3 Å². The van der Waals surface area contributed by atoms with Gasteiger partial charge in [-0.25, -0.2) is 4.79 Å². The van der Waals surface area contributed by atoms with Crippen LogP contribution in [0.15, 0.2) is 15.8 Å². The van der Waals surface area contributed by atoms with Crippen molar-refractivity contribution in [3.05, 3.63) is 30.6 Å². The summed E-state index contributed by atoms with van der Waals surface area (Å²) in [5.41, 5.74) is -4.56. The van der Waals surface area contributed by atoms with Crippen molar-refractivity contribution in [3.63, 3.8) is 0 Å². The van der Waals surface area contributed by atoms with Gasteiger partial charge in [0, 0.05) is 12.6 Å². The standard InChI is InChI=1S/C17H19IN2O13/c18-7-4-20(16(31)19-13(7)26)8-3-17(32,6(15(29)30)2-10(23)24)12(33-8)11(25)5(14(27)28)1-9(21)22/h4-6,8,11-12,25,32H,1-3H2,(H,21,22)(H,23,24)(H,27,28)(H,29,30)(H,19,26,31)/t5?,6?,8-,11?,12-,17-/m1/s1. The summed E-state index contributed by atoms with van der Waals surface area (Å²) < 4.78 is 6.18. The fraction of sp³-hybridized carbons (Fsp3) is 0.529. The minimum Gasteiger partial charge on any atom is -0.481 e. The third-order valence-corrected chi connectivity index (χ3v) is 6.02. The number of nitrogens with one attached hydrogen (secondary N) is 1. The first kappa shape index (κ1) is 26.4. The van der Waals surface area contributed by atoms with E-state index in [9.17, 15) is 49.2 Å². The summed E-state index contributed by atoms with van der Waals surface area (Å²) in [6, 6.07) is 0. The fourth-order valence-electron chi connectivity index (χ4n) is 3.69. The quantitative estimate of drug-likeness (QED) is 0.145. The number of H-pyrrole nitrogens is 1. The number of rotatable bonds is 10. The van der Waals surface area contributed by atoms with Crippen molar-refractivity contribution < 1.29 is 54.6 Å². The molecule has 1 saturated heterocycles. The zero-order valence-electron chi connectivity index (χ0n) is 16.5. The van der Waals surface area contributed by atoms with Crippen LogP contribution in [-0.2, 0) is 23.9 Å². The second-order valence-electron chi connectivity index (χ2n) is 7.37. The number of carbonyl (C=O) groups is 4. The molecule has 0 aliphatic carbocycles. The highest BCUT2D eigenvalue weighted by Gasteiger charge is 2.60. The van der Waals surface area contributed by atoms with Crippen LogP contribution in [0.2, 0.25) is 0 Å². The van der Waals surface area contributed by atoms with E-state index in [0.29, 0.717) is 0 Å². The van der Waals surface area contributed by atoms with Crippen molar-refractivity contribution in [1.82, 2.24) is 9.55 Å². The molecule has 15 nitrogen and oxygen atoms in total. The molecule has 0 radical (unpaired) electrons. The summed E-state index contributed by atoms with van der Waals surface area (Å²) in [7, 11) is 0. The molecule has 1 aromatic heterocycles. The van der Waals surface area contributed by atoms with E-state index in [1.165, 1.54) is 0 Å². The Bertz CT molecular complexity index is 1080. The largest absolute Gasteiger partial charge is 0.481 e. The Morgan fingerprint density at radius 3 is 2.18 bits per heavy atom. The number of aliphatic hydroxyl groups is 2. The Morgan fingerprint density at radius 2 is 1.70 bits per heavy atom. The number of halogens is 1. The number of ether oxygens (including phenoxy) is 1. The smallest absolute Gasteiger partial charge is 0.330 e. The normalized spacial score (nSPS) is 25.2. The second kappa shape index (κ2) is 9.98. The van der Waals surface area contributed by atoms with E-state index in [1.807, 2.05) is 4.98 Å². The molecule has 16 heteroatoms. The van der Waals surface area contributed by atoms with E-state index in [0.717, 1.165) is 10.8 Å². The molecule has 0 bridgehead atoms. The lowest BCUT2D eigenvalue weighted by Gasteiger charge is -2.36. The number of aromatic nitrogens is 2. The molecule has 33 heavy (non-hydrogen) atoms. The Kier molecular flexibility index (Phi) is 7.99. The highest BCUT2D eigenvalue weighted by atomic mass is 127. The third-order valence-electron chi connectivity index (χ3n) is 5.25. The van der Waals surface area contributed by atoms with Crippen molar-refractivity contribution in [2.75, 3.05) is 0 Å². The molecule has 1 aromatic rings. The molecule has 0 aromatic carbocycles. The average Bonchev–Trinajstić information content (AvgIpc) is 3.03. The molecule has 0 amide bonds. The van der Waals surface area contributed by atoms with Gasteiger partial charge in [-0.2, -0.15) is 0 Å². The molecule has 2 rings (SSSR count). The molecule has 182 valence electrons. The molecule has 0 saturated carbocycles. The van der Waals surface area contributed by atoms with Crippen LogP contribution in [0.1, 0.15) is 25.5 Å². The van der Waals surface area contributed by atoms with Crippen LogP contribution in [-0.4, -0.2) is 81.9 Å². The number of carboxylic acid groups (broad SMARTS) is 4. The van der Waals surface area contributed by atoms with E-state index in [2.05, 4.69) is 0 Å². The van der Waals surface area contributed by atoms with Gasteiger partial charge in [0.1, 0.15) is 17.9 Å². The molecule has 1 aliphatic rings. The van der Waals surface area contributed by atoms with E-state index in [4.69, 9.17) is 14.9 Å². The Labute approximate surface area is 196 Å². The van der Waals surface area contributed by atoms with Gasteiger partial charge >= 0.3 is 29.6 Å². The molecular formula is C17H19IN2O13. The summed E-state index contributed by atoms with van der Waals surface area (Å²) in [4.78, 5) is 71.4. The molecule has 1 aliphatic heterocycles. The molecule has 6 atom stereocenters. The van der Waals surface area contributed by atoms with E-state index in [1.54, 1.807) is 22.6 Å². The summed E-state index contributed by atoms with van der Waals surface area (Å²) in [5.74, 6) is -11.1. The number of hydrogen-bond acceptors (Lipinski definition) is 9. The zero-order valence-corrected chi connectivity index (χ0v) is 18.6. The van der Waals surface area contributed by atoms with E-state index >= 15 is 0 Å². The maximum absolute atomic E-state index is 12.2. The van der Waals surface area contributed by atoms with Crippen LogP contribution in [0.5, 0.6) is 0 Å². The predicted octanol–water partition coefficient (Wildman–Crippen LogP) is -2.13. The van der Waals surface area contributed by atoms with Gasteiger partial charge in [-0.1, -0.05) is 0 Å². The Balaban J connectivity index is 2.62. The van der Waals surface area contributed by atoms with Gasteiger partial charge in [0.15, 0.2) is 0 Å². The molecule has 1 fully saturated rings. The fourth-order valence-corrected chi connectivity index (χ4v) is 4.13. The second-order valence-corrected chi connectivity index (χ2v) is 8.53. The molecule has 3 unspecified atom stereocenters. The summed E-state index contributed by atoms with van der Waals surface area (Å²) in [6.45, 7) is 0. The minimum atomic E-state index is -2.75. The summed E-state index contributed by atoms with van der Waals surface area (Å²) in [5, 5.41) is 58.8. The van der Waals surface area contributed by atoms with Crippen molar-refractivity contribution >= 4 is 46.5 Å². The van der Waals surface area contributed by atoms with Gasteiger partial charge in [0.05, 0.1) is 34.4 Å². The number of aliphatic hydroxyl groups excluding tert-OH is 1. The number of aromatic amines is 1. The first-order valence-corrected chi connectivity index (χ1v) is 10.2. The SMILES string of the molecule is O=C(O)CC(C(=O)O)C(O)[C@H]1O[C@@H](n2cc(I)c(=O)[nH]c2=O)C[C@@]1(O)C(CC(=O)O)C(=O)O. The minimum absolute atomic E-state index is 0.0158. The monoisotopic (exact) mass is 586 g/mol. The maximum atomic E-state index is 12.2. The van der Waals surface area contributed by atoms with Crippen LogP contribution < -0.4 is 11.2 Å². The van der Waals surface area contributed by atoms with Gasteiger partial charge in [-0.05, 0) is 22.6 Å². The lowest BCUT2D eigenvalue weighted by Crippen LogP contribution is -2.56. The van der Waals surface area contributed by atoms with Gasteiger partial charge < -0.3 is 35.4 Å². The number of aliphatic carboxylic acids is 4. The van der Waals surface area contributed by atoms with Gasteiger partial charge in [-0.15, -0.1) is 0 Å². The molecule has 7 N–H and O–H groups in total. The highest BCUT2D eigenvalue weighted by molar-refractivity contribution is 14.1. The van der Waals surface area contributed by atoms with Gasteiger partial charge in [0.2, 0.25) is 0 Å². The van der Waals surface area contributed by atoms with Crippen LogP contribution in [0.3, 0.4) is 0 Å². The van der Waals surface area contributed by atoms with Crippen molar-refractivity contribution in [1.29, 1.82) is 0 Å². The van der Waals surface area contributed by atoms with Crippen LogP contribution in [0.4, 0.5) is 0 Å². The Hall–Kier alpha value is -2.83. The Morgan fingerprint density at radius 1 is 1.12 bits per heavy atom. The van der Waals surface area contributed by atoms with E-state index in [-0.39, 0.29) is 3.57 Å². The maximum Gasteiger partial charge on any atom is 0.330 e. The number of nitrogens with zero attached hydrogens (tertiary/aromatic N) is 1. The lowest BCUT2D eigenvalue weighted by molar-refractivity contribution is -0.182. The third kappa shape index (κ3) is 5.57. The topological polar surface area (TPSA) is 254 Å². The predicted molar refractivity (Wildman–Crippen MR) is 110 cm³/mol. The van der Waals surface area contributed by atoms with E-state index < -0.39 is 90.3 Å². The highest BCUT2D eigenvalue weighted by Crippen LogP contribution is 2.45. The van der Waals surface area contributed by atoms with Crippen LogP contribution in [0, 0.1) is 15.4 Å². The molecule has 0 spiro atoms. The zero-order chi connectivity index (χ0) is 25.2. The summed E-state index contributed by atoms with van der Waals surface area (Å²) >= 11 is 1.57. The van der Waals surface area contributed by atoms with Crippen LogP contribution in [0.25, 0.3) is 0 Å².